The Bertz CT molecular complexity index is 1180. The van der Waals surface area contributed by atoms with E-state index in [4.69, 9.17) is 4.74 Å². The van der Waals surface area contributed by atoms with Gasteiger partial charge in [-0.25, -0.2) is 8.42 Å². The summed E-state index contributed by atoms with van der Waals surface area (Å²) in [4.78, 5) is 13.6. The van der Waals surface area contributed by atoms with Crippen LogP contribution in [0.1, 0.15) is 5.56 Å². The first-order valence-corrected chi connectivity index (χ1v) is 10.9. The van der Waals surface area contributed by atoms with Gasteiger partial charge in [0.25, 0.3) is 0 Å². The molecule has 0 unspecified atom stereocenters. The number of hydrogen-bond acceptors (Lipinski definition) is 5. The smallest absolute Gasteiger partial charge is 0.341 e. The summed E-state index contributed by atoms with van der Waals surface area (Å²) in [6, 6.07) is 16.5. The molecule has 0 aromatic heterocycles. The number of methoxy groups -OCH3 is 1. The molecule has 0 aliphatic heterocycles. The molecule has 1 amide bonds. The molecular formula is C22H22F2N2O4S. The normalized spacial score (nSPS) is 11.8. The molecular weight excluding hydrogens is 426 g/mol. The van der Waals surface area contributed by atoms with Crippen LogP contribution >= 0.6 is 0 Å². The molecule has 0 aliphatic rings. The van der Waals surface area contributed by atoms with Crippen molar-refractivity contribution in [3.05, 3.63) is 66.2 Å². The van der Waals surface area contributed by atoms with Gasteiger partial charge in [0.15, 0.2) is 0 Å². The molecule has 0 saturated heterocycles. The van der Waals surface area contributed by atoms with E-state index < -0.39 is 20.5 Å². The maximum Gasteiger partial charge on any atom is 0.341 e. The van der Waals surface area contributed by atoms with Crippen LogP contribution in [-0.2, 0) is 21.2 Å². The van der Waals surface area contributed by atoms with Crippen LogP contribution < -0.4 is 10.1 Å². The fourth-order valence-corrected chi connectivity index (χ4v) is 3.86. The molecule has 0 heterocycles. The van der Waals surface area contributed by atoms with Gasteiger partial charge in [-0.3, -0.25) is 9.69 Å². The van der Waals surface area contributed by atoms with Gasteiger partial charge in [-0.15, -0.1) is 0 Å². The minimum absolute atomic E-state index is 0.0950. The highest BCUT2D eigenvalue weighted by atomic mass is 32.2. The summed E-state index contributed by atoms with van der Waals surface area (Å²) >= 11 is 0. The number of carbonyl (C=O) groups excluding carboxylic acids is 1. The van der Waals surface area contributed by atoms with Crippen LogP contribution in [0.25, 0.3) is 10.8 Å². The van der Waals surface area contributed by atoms with E-state index in [9.17, 15) is 22.0 Å². The molecule has 9 heteroatoms. The largest absolute Gasteiger partial charge is 0.497 e. The number of nitrogens with one attached hydrogen (secondary N) is 1. The van der Waals surface area contributed by atoms with Crippen molar-refractivity contribution in [2.24, 2.45) is 0 Å². The van der Waals surface area contributed by atoms with Crippen molar-refractivity contribution in [3.8, 4) is 5.75 Å². The molecule has 0 aliphatic carbocycles. The topological polar surface area (TPSA) is 75.7 Å². The number of halogens is 2. The molecule has 3 aromatic carbocycles. The highest BCUT2D eigenvalue weighted by molar-refractivity contribution is 7.91. The monoisotopic (exact) mass is 448 g/mol. The maximum absolute atomic E-state index is 12.6. The van der Waals surface area contributed by atoms with Crippen molar-refractivity contribution in [2.75, 3.05) is 26.0 Å². The number of rotatable bonds is 8. The maximum atomic E-state index is 12.6. The van der Waals surface area contributed by atoms with Gasteiger partial charge in [-0.05, 0) is 65.8 Å². The first kappa shape index (κ1) is 22.6. The van der Waals surface area contributed by atoms with Gasteiger partial charge in [0.05, 0.1) is 18.6 Å². The lowest BCUT2D eigenvalue weighted by molar-refractivity contribution is -0.117. The third kappa shape index (κ3) is 5.56. The highest BCUT2D eigenvalue weighted by Gasteiger charge is 2.26. The van der Waals surface area contributed by atoms with Crippen molar-refractivity contribution in [1.29, 1.82) is 0 Å². The molecule has 0 saturated carbocycles. The number of alkyl halides is 2. The fourth-order valence-electron chi connectivity index (χ4n) is 3.14. The summed E-state index contributed by atoms with van der Waals surface area (Å²) in [5, 5.41) is 4.75. The molecule has 164 valence electrons. The molecule has 1 N–H and O–H groups in total. The third-order valence-corrected chi connectivity index (χ3v) is 6.08. The second-order valence-corrected chi connectivity index (χ2v) is 9.02. The Hall–Kier alpha value is -3.04. The summed E-state index contributed by atoms with van der Waals surface area (Å²) < 4.78 is 53.3. The number of likely N-dealkylation sites (N-methyl/N-ethyl adjacent to an activating group) is 1. The number of fused-ring (bicyclic) bond motifs is 1. The van der Waals surface area contributed by atoms with Gasteiger partial charge < -0.3 is 10.1 Å². The Labute approximate surface area is 179 Å². The number of amides is 1. The average molecular weight is 448 g/mol. The SMILES string of the molecule is COc1ccc2cc(CN(C)CC(=O)Nc3ccc(S(=O)(=O)C(F)F)cc3)ccc2c1. The summed E-state index contributed by atoms with van der Waals surface area (Å²) in [7, 11) is -1.23. The van der Waals surface area contributed by atoms with Gasteiger partial charge in [0, 0.05) is 12.2 Å². The quantitative estimate of drug-likeness (QED) is 0.566. The summed E-state index contributed by atoms with van der Waals surface area (Å²) in [6.45, 7) is 0.638. The predicted molar refractivity (Wildman–Crippen MR) is 115 cm³/mol. The summed E-state index contributed by atoms with van der Waals surface area (Å²) in [6.07, 6.45) is 0. The standard InChI is InChI=1S/C22H22F2N2O4S/c1-26(13-15-3-4-17-12-19(30-2)8-5-16(17)11-15)14-21(27)25-18-6-9-20(10-7-18)31(28,29)22(23)24/h3-12,22H,13-14H2,1-2H3,(H,25,27). The van der Waals surface area contributed by atoms with Crippen molar-refractivity contribution in [2.45, 2.75) is 17.2 Å². The second-order valence-electron chi connectivity index (χ2n) is 7.10. The molecule has 0 bridgehead atoms. The highest BCUT2D eigenvalue weighted by Crippen LogP contribution is 2.23. The van der Waals surface area contributed by atoms with E-state index in [-0.39, 0.29) is 12.5 Å². The molecule has 0 atom stereocenters. The van der Waals surface area contributed by atoms with Crippen LogP contribution in [0.2, 0.25) is 0 Å². The fraction of sp³-hybridized carbons (Fsp3) is 0.227. The van der Waals surface area contributed by atoms with E-state index >= 15 is 0 Å². The Morgan fingerprint density at radius 1 is 1.03 bits per heavy atom. The summed E-state index contributed by atoms with van der Waals surface area (Å²) in [5.41, 5.74) is 1.36. The number of hydrogen-bond donors (Lipinski definition) is 1. The molecule has 6 nitrogen and oxygen atoms in total. The van der Waals surface area contributed by atoms with Gasteiger partial charge in [0.1, 0.15) is 5.75 Å². The van der Waals surface area contributed by atoms with Crippen LogP contribution in [0.5, 0.6) is 5.75 Å². The zero-order valence-electron chi connectivity index (χ0n) is 17.0. The van der Waals surface area contributed by atoms with E-state index in [1.165, 1.54) is 12.1 Å². The minimum atomic E-state index is -4.66. The van der Waals surface area contributed by atoms with Crippen molar-refractivity contribution >= 4 is 32.2 Å². The first-order chi connectivity index (χ1) is 14.7. The Morgan fingerprint density at radius 3 is 2.32 bits per heavy atom. The van der Waals surface area contributed by atoms with Gasteiger partial charge >= 0.3 is 5.76 Å². The number of ether oxygens (including phenoxy) is 1. The van der Waals surface area contributed by atoms with Crippen molar-refractivity contribution in [1.82, 2.24) is 4.90 Å². The lowest BCUT2D eigenvalue weighted by Gasteiger charge is -2.17. The third-order valence-electron chi connectivity index (χ3n) is 4.68. The number of benzene rings is 3. The number of nitrogens with zero attached hydrogens (tertiary/aromatic N) is 1. The van der Waals surface area contributed by atoms with Gasteiger partial charge in [-0.1, -0.05) is 18.2 Å². The minimum Gasteiger partial charge on any atom is -0.497 e. The molecule has 31 heavy (non-hydrogen) atoms. The second kappa shape index (κ2) is 9.40. The Balaban J connectivity index is 1.59. The predicted octanol–water partition coefficient (Wildman–Crippen LogP) is 3.92. The summed E-state index contributed by atoms with van der Waals surface area (Å²) in [5.74, 6) is -3.01. The first-order valence-electron chi connectivity index (χ1n) is 9.36. The lowest BCUT2D eigenvalue weighted by Crippen LogP contribution is -2.29. The lowest BCUT2D eigenvalue weighted by atomic mass is 10.1. The zero-order valence-corrected chi connectivity index (χ0v) is 17.8. The zero-order chi connectivity index (χ0) is 22.6. The Morgan fingerprint density at radius 2 is 1.68 bits per heavy atom. The number of anilines is 1. The van der Waals surface area contributed by atoms with E-state index in [0.29, 0.717) is 12.2 Å². The van der Waals surface area contributed by atoms with Crippen molar-refractivity contribution < 1.29 is 26.7 Å². The van der Waals surface area contributed by atoms with Crippen LogP contribution in [0.15, 0.2) is 65.6 Å². The Kier molecular flexibility index (Phi) is 6.87. The van der Waals surface area contributed by atoms with Crippen molar-refractivity contribution in [3.63, 3.8) is 0 Å². The average Bonchev–Trinajstić information content (AvgIpc) is 2.73. The van der Waals surface area contributed by atoms with E-state index in [2.05, 4.69) is 5.32 Å². The van der Waals surface area contributed by atoms with E-state index in [0.717, 1.165) is 34.2 Å². The van der Waals surface area contributed by atoms with Crippen LogP contribution in [0.4, 0.5) is 14.5 Å². The van der Waals surface area contributed by atoms with Gasteiger partial charge in [-0.2, -0.15) is 8.78 Å². The molecule has 0 fully saturated rings. The molecule has 3 aromatic rings. The van der Waals surface area contributed by atoms with Crippen LogP contribution in [0.3, 0.4) is 0 Å². The van der Waals surface area contributed by atoms with Gasteiger partial charge in [0.2, 0.25) is 15.7 Å². The van der Waals surface area contributed by atoms with Crippen LogP contribution in [0, 0.1) is 0 Å². The van der Waals surface area contributed by atoms with Crippen LogP contribution in [-0.4, -0.2) is 45.7 Å². The van der Waals surface area contributed by atoms with E-state index in [1.807, 2.05) is 41.3 Å². The molecule has 3 rings (SSSR count). The number of carbonyl (C=O) groups is 1. The number of sulfone groups is 1. The van der Waals surface area contributed by atoms with E-state index in [1.54, 1.807) is 14.2 Å². The molecule has 0 radical (unpaired) electrons. The molecule has 0 spiro atoms.